The van der Waals surface area contributed by atoms with Crippen LogP contribution < -0.4 is 10.1 Å². The van der Waals surface area contributed by atoms with Gasteiger partial charge in [-0.25, -0.2) is 8.42 Å². The molecule has 0 radical (unpaired) electrons. The number of carbonyl (C=O) groups is 1. The van der Waals surface area contributed by atoms with Gasteiger partial charge in [-0.2, -0.15) is 4.31 Å². The lowest BCUT2D eigenvalue weighted by Gasteiger charge is -2.31. The number of nitrogens with one attached hydrogen (secondary N) is 1. The van der Waals surface area contributed by atoms with Crippen molar-refractivity contribution in [2.45, 2.75) is 37.6 Å². The molecule has 1 aliphatic rings. The third-order valence-corrected chi connectivity index (χ3v) is 7.45. The maximum Gasteiger partial charge on any atom is 0.243 e. The van der Waals surface area contributed by atoms with E-state index in [0.29, 0.717) is 31.7 Å². The summed E-state index contributed by atoms with van der Waals surface area (Å²) in [6, 6.07) is 14.3. The zero-order valence-electron chi connectivity index (χ0n) is 17.1. The summed E-state index contributed by atoms with van der Waals surface area (Å²) in [4.78, 5) is 12.9. The highest BCUT2D eigenvalue weighted by atomic mass is 32.2. The summed E-state index contributed by atoms with van der Waals surface area (Å²) in [5.74, 6) is 0.424. The van der Waals surface area contributed by atoms with E-state index in [1.54, 1.807) is 31.4 Å². The predicted octanol–water partition coefficient (Wildman–Crippen LogP) is 3.28. The number of ether oxygens (including phenoxy) is 1. The fourth-order valence-corrected chi connectivity index (χ4v) is 5.21. The lowest BCUT2D eigenvalue weighted by atomic mass is 9.96. The number of aryl methyl sites for hydroxylation is 1. The number of amides is 1. The number of hydrogen-bond donors (Lipinski definition) is 1. The second-order valence-electron chi connectivity index (χ2n) is 7.44. The molecule has 2 aromatic rings. The van der Waals surface area contributed by atoms with Crippen LogP contribution >= 0.6 is 0 Å². The first kappa shape index (κ1) is 21.3. The first-order chi connectivity index (χ1) is 13.8. The molecule has 1 fully saturated rings. The van der Waals surface area contributed by atoms with E-state index in [4.69, 9.17) is 4.74 Å². The molecule has 1 heterocycles. The van der Waals surface area contributed by atoms with Gasteiger partial charge in [-0.1, -0.05) is 24.3 Å². The summed E-state index contributed by atoms with van der Waals surface area (Å²) in [7, 11) is -2.02. The van der Waals surface area contributed by atoms with Crippen LogP contribution in [0.1, 0.15) is 36.9 Å². The van der Waals surface area contributed by atoms with Crippen LogP contribution in [0.4, 0.5) is 0 Å². The Hall–Kier alpha value is -2.38. The monoisotopic (exact) mass is 416 g/mol. The lowest BCUT2D eigenvalue weighted by Crippen LogP contribution is -2.43. The Kier molecular flexibility index (Phi) is 6.59. The summed E-state index contributed by atoms with van der Waals surface area (Å²) >= 11 is 0. The van der Waals surface area contributed by atoms with Crippen molar-refractivity contribution in [2.24, 2.45) is 5.92 Å². The molecule has 6 nitrogen and oxygen atoms in total. The van der Waals surface area contributed by atoms with Crippen LogP contribution in [-0.2, 0) is 14.8 Å². The summed E-state index contributed by atoms with van der Waals surface area (Å²) in [6.45, 7) is 4.68. The third kappa shape index (κ3) is 4.79. The van der Waals surface area contributed by atoms with Crippen molar-refractivity contribution in [1.29, 1.82) is 0 Å². The molecule has 7 heteroatoms. The number of sulfonamides is 1. The quantitative estimate of drug-likeness (QED) is 0.784. The minimum atomic E-state index is -3.56. The fourth-order valence-electron chi connectivity index (χ4n) is 3.74. The number of rotatable bonds is 6. The van der Waals surface area contributed by atoms with E-state index in [9.17, 15) is 13.2 Å². The maximum atomic E-state index is 12.8. The van der Waals surface area contributed by atoms with Crippen LogP contribution in [0.2, 0.25) is 0 Å². The van der Waals surface area contributed by atoms with Gasteiger partial charge in [-0.3, -0.25) is 4.79 Å². The van der Waals surface area contributed by atoms with Gasteiger partial charge in [-0.15, -0.1) is 0 Å². The largest absolute Gasteiger partial charge is 0.497 e. The molecule has 156 valence electrons. The number of methoxy groups -OCH3 is 1. The lowest BCUT2D eigenvalue weighted by molar-refractivity contribution is -0.126. The number of piperidine rings is 1. The topological polar surface area (TPSA) is 75.7 Å². The molecule has 0 unspecified atom stereocenters. The summed E-state index contributed by atoms with van der Waals surface area (Å²) < 4.78 is 32.2. The Morgan fingerprint density at radius 1 is 1.10 bits per heavy atom. The molecule has 3 rings (SSSR count). The van der Waals surface area contributed by atoms with E-state index in [-0.39, 0.29) is 22.8 Å². The standard InChI is InChI=1S/C22H28N2O4S/c1-16-6-4-5-7-21(16)17(2)23-22(25)18-12-14-24(15-13-18)29(26,27)20-10-8-19(28-3)9-11-20/h4-11,17-18H,12-15H2,1-3H3,(H,23,25)/t17-/m1/s1. The van der Waals surface area contributed by atoms with Crippen LogP contribution in [0, 0.1) is 12.8 Å². The van der Waals surface area contributed by atoms with Crippen LogP contribution in [0.3, 0.4) is 0 Å². The zero-order chi connectivity index (χ0) is 21.0. The van der Waals surface area contributed by atoms with Gasteiger partial charge in [0.15, 0.2) is 0 Å². The number of carbonyl (C=O) groups excluding carboxylic acids is 1. The Morgan fingerprint density at radius 2 is 1.72 bits per heavy atom. The minimum absolute atomic E-state index is 0.0118. The molecule has 0 aromatic heterocycles. The van der Waals surface area contributed by atoms with Crippen LogP contribution in [0.25, 0.3) is 0 Å². The average molecular weight is 417 g/mol. The van der Waals surface area contributed by atoms with E-state index >= 15 is 0 Å². The molecule has 1 saturated heterocycles. The van der Waals surface area contributed by atoms with Crippen molar-refractivity contribution in [3.8, 4) is 5.75 Å². The van der Waals surface area contributed by atoms with Gasteiger partial charge in [0, 0.05) is 19.0 Å². The van der Waals surface area contributed by atoms with Gasteiger partial charge in [0.05, 0.1) is 18.0 Å². The van der Waals surface area contributed by atoms with Crippen LogP contribution in [0.15, 0.2) is 53.4 Å². The normalized spacial score (nSPS) is 16.9. The molecule has 0 bridgehead atoms. The van der Waals surface area contributed by atoms with Gasteiger partial charge in [0.2, 0.25) is 15.9 Å². The number of hydrogen-bond acceptors (Lipinski definition) is 4. The highest BCUT2D eigenvalue weighted by Crippen LogP contribution is 2.26. The molecule has 1 N–H and O–H groups in total. The van der Waals surface area contributed by atoms with Crippen molar-refractivity contribution in [3.63, 3.8) is 0 Å². The van der Waals surface area contributed by atoms with Crippen LogP contribution in [-0.4, -0.2) is 38.8 Å². The first-order valence-corrected chi connectivity index (χ1v) is 11.3. The number of benzene rings is 2. The second-order valence-corrected chi connectivity index (χ2v) is 9.38. The molecule has 1 aliphatic heterocycles. The Labute approximate surface area is 172 Å². The predicted molar refractivity (Wildman–Crippen MR) is 112 cm³/mol. The first-order valence-electron chi connectivity index (χ1n) is 9.83. The van der Waals surface area contributed by atoms with Crippen molar-refractivity contribution >= 4 is 15.9 Å². The van der Waals surface area contributed by atoms with E-state index in [0.717, 1.165) is 11.1 Å². The smallest absolute Gasteiger partial charge is 0.243 e. The molecular weight excluding hydrogens is 388 g/mol. The van der Waals surface area contributed by atoms with Gasteiger partial charge < -0.3 is 10.1 Å². The van der Waals surface area contributed by atoms with Crippen LogP contribution in [0.5, 0.6) is 5.75 Å². The van der Waals surface area contributed by atoms with E-state index < -0.39 is 10.0 Å². The fraction of sp³-hybridized carbons (Fsp3) is 0.409. The molecule has 2 aromatic carbocycles. The van der Waals surface area contributed by atoms with Gasteiger partial charge in [0.25, 0.3) is 0 Å². The molecule has 0 aliphatic carbocycles. The molecule has 29 heavy (non-hydrogen) atoms. The summed E-state index contributed by atoms with van der Waals surface area (Å²) in [5.41, 5.74) is 2.24. The molecular formula is C22H28N2O4S. The van der Waals surface area contributed by atoms with Crippen molar-refractivity contribution in [1.82, 2.24) is 9.62 Å². The Morgan fingerprint density at radius 3 is 2.31 bits per heavy atom. The summed E-state index contributed by atoms with van der Waals surface area (Å²) in [5, 5.41) is 3.08. The SMILES string of the molecule is COc1ccc(S(=O)(=O)N2CCC(C(=O)N[C@H](C)c3ccccc3C)CC2)cc1. The third-order valence-electron chi connectivity index (χ3n) is 5.54. The Bertz CT molecular complexity index is 949. The van der Waals surface area contributed by atoms with E-state index in [1.807, 2.05) is 38.1 Å². The Balaban J connectivity index is 1.59. The molecule has 0 spiro atoms. The molecule has 1 amide bonds. The highest BCUT2D eigenvalue weighted by molar-refractivity contribution is 7.89. The zero-order valence-corrected chi connectivity index (χ0v) is 17.9. The van der Waals surface area contributed by atoms with E-state index in [2.05, 4.69) is 5.32 Å². The van der Waals surface area contributed by atoms with Crippen molar-refractivity contribution in [3.05, 3.63) is 59.7 Å². The average Bonchev–Trinajstić information content (AvgIpc) is 2.74. The van der Waals surface area contributed by atoms with Crippen molar-refractivity contribution in [2.75, 3.05) is 20.2 Å². The highest BCUT2D eigenvalue weighted by Gasteiger charge is 2.32. The van der Waals surface area contributed by atoms with Crippen molar-refractivity contribution < 1.29 is 17.9 Å². The minimum Gasteiger partial charge on any atom is -0.497 e. The summed E-state index contributed by atoms with van der Waals surface area (Å²) in [6.07, 6.45) is 1.03. The van der Waals surface area contributed by atoms with Gasteiger partial charge in [0.1, 0.15) is 5.75 Å². The van der Waals surface area contributed by atoms with E-state index in [1.165, 1.54) is 4.31 Å². The number of nitrogens with zero attached hydrogens (tertiary/aromatic N) is 1. The van der Waals surface area contributed by atoms with Gasteiger partial charge in [-0.05, 0) is 62.1 Å². The molecule has 0 saturated carbocycles. The maximum absolute atomic E-state index is 12.8. The molecule has 1 atom stereocenters. The second kappa shape index (κ2) is 8.97. The van der Waals surface area contributed by atoms with Gasteiger partial charge >= 0.3 is 0 Å².